The van der Waals surface area contributed by atoms with E-state index < -0.39 is 17.5 Å². The first kappa shape index (κ1) is 16.4. The Morgan fingerprint density at radius 3 is 2.77 bits per heavy atom. The molecular weight excluding hydrogens is 336 g/mol. The first-order valence-corrected chi connectivity index (χ1v) is 8.40. The highest BCUT2D eigenvalue weighted by Gasteiger charge is 2.52. The molecule has 2 aromatic rings. The number of imide groups is 1. The number of aryl methyl sites for hydroxylation is 1. The van der Waals surface area contributed by atoms with E-state index in [9.17, 15) is 14.4 Å². The lowest BCUT2D eigenvalue weighted by atomic mass is 9.78. The average molecular weight is 354 g/mol. The van der Waals surface area contributed by atoms with Gasteiger partial charge in [-0.3, -0.25) is 9.69 Å². The zero-order valence-electron chi connectivity index (χ0n) is 14.3. The van der Waals surface area contributed by atoms with E-state index in [2.05, 4.69) is 16.1 Å². The fourth-order valence-corrected chi connectivity index (χ4v) is 3.67. The van der Waals surface area contributed by atoms with Crippen LogP contribution in [-0.2, 0) is 28.9 Å². The minimum Gasteiger partial charge on any atom is -0.463 e. The van der Waals surface area contributed by atoms with Gasteiger partial charge < -0.3 is 14.5 Å². The number of carbonyl (C=O) groups excluding carboxylic acids is 3. The molecule has 1 aromatic heterocycles. The van der Waals surface area contributed by atoms with Gasteiger partial charge in [0.25, 0.3) is 5.91 Å². The molecule has 1 fully saturated rings. The van der Waals surface area contributed by atoms with Crippen LogP contribution >= 0.6 is 0 Å². The number of furan rings is 1. The van der Waals surface area contributed by atoms with E-state index in [4.69, 9.17) is 4.42 Å². The third kappa shape index (κ3) is 2.56. The summed E-state index contributed by atoms with van der Waals surface area (Å²) < 4.78 is 9.97. The largest absolute Gasteiger partial charge is 0.463 e. The summed E-state index contributed by atoms with van der Waals surface area (Å²) in [5.74, 6) is -0.472. The van der Waals surface area contributed by atoms with Gasteiger partial charge in [0.15, 0.2) is 0 Å². The highest BCUT2D eigenvalue weighted by atomic mass is 16.5. The molecule has 1 atom stereocenters. The number of hydrogen-bond donors (Lipinski definition) is 1. The lowest BCUT2D eigenvalue weighted by Crippen LogP contribution is -2.51. The van der Waals surface area contributed by atoms with E-state index >= 15 is 0 Å². The SMILES string of the molecule is COC(=O)c1ccc(CN2C(=O)NC3(CCc4ccccc4C3)C2=O)o1. The molecule has 134 valence electrons. The van der Waals surface area contributed by atoms with Crippen molar-refractivity contribution in [3.8, 4) is 0 Å². The normalized spacial score (nSPS) is 21.7. The van der Waals surface area contributed by atoms with Crippen molar-refractivity contribution in [2.75, 3.05) is 7.11 Å². The van der Waals surface area contributed by atoms with Gasteiger partial charge in [0.2, 0.25) is 5.76 Å². The molecule has 1 spiro atoms. The number of urea groups is 1. The molecule has 1 aliphatic carbocycles. The first-order valence-electron chi connectivity index (χ1n) is 8.40. The first-order chi connectivity index (χ1) is 12.5. The predicted molar refractivity (Wildman–Crippen MR) is 90.3 cm³/mol. The topological polar surface area (TPSA) is 88.9 Å². The zero-order valence-corrected chi connectivity index (χ0v) is 14.3. The van der Waals surface area contributed by atoms with Crippen LogP contribution in [0.15, 0.2) is 40.8 Å². The molecular formula is C19H18N2O5. The van der Waals surface area contributed by atoms with Crippen LogP contribution in [-0.4, -0.2) is 35.5 Å². The highest BCUT2D eigenvalue weighted by Crippen LogP contribution is 2.34. The number of nitrogens with one attached hydrogen (secondary N) is 1. The minimum absolute atomic E-state index is 0.0228. The maximum absolute atomic E-state index is 13.0. The molecule has 4 rings (SSSR count). The van der Waals surface area contributed by atoms with Crippen molar-refractivity contribution in [2.24, 2.45) is 0 Å². The minimum atomic E-state index is -0.900. The average Bonchev–Trinajstić information content (AvgIpc) is 3.20. The van der Waals surface area contributed by atoms with Gasteiger partial charge in [-0.15, -0.1) is 0 Å². The van der Waals surface area contributed by atoms with Crippen molar-refractivity contribution in [1.29, 1.82) is 0 Å². The molecule has 1 N–H and O–H groups in total. The Labute approximate surface area is 149 Å². The Morgan fingerprint density at radius 1 is 1.23 bits per heavy atom. The fraction of sp³-hybridized carbons (Fsp3) is 0.316. The van der Waals surface area contributed by atoms with Gasteiger partial charge >= 0.3 is 12.0 Å². The van der Waals surface area contributed by atoms with Crippen molar-refractivity contribution < 1.29 is 23.5 Å². The van der Waals surface area contributed by atoms with Crippen LogP contribution in [0.1, 0.15) is 33.9 Å². The second kappa shape index (κ2) is 6.01. The zero-order chi connectivity index (χ0) is 18.3. The summed E-state index contributed by atoms with van der Waals surface area (Å²) in [6, 6.07) is 10.6. The van der Waals surface area contributed by atoms with Gasteiger partial charge in [-0.25, -0.2) is 9.59 Å². The molecule has 1 aromatic carbocycles. The number of ether oxygens (including phenoxy) is 1. The standard InChI is InChI=1S/C19H18N2O5/c1-25-16(22)15-7-6-14(26-15)11-21-17(23)19(20-18(21)24)9-8-12-4-2-3-5-13(12)10-19/h2-7H,8-11H2,1H3,(H,20,24). The Hall–Kier alpha value is -3.09. The molecule has 0 radical (unpaired) electrons. The molecule has 1 unspecified atom stereocenters. The molecule has 1 aliphatic heterocycles. The van der Waals surface area contributed by atoms with Crippen LogP contribution in [0.3, 0.4) is 0 Å². The number of benzene rings is 1. The number of carbonyl (C=O) groups is 3. The lowest BCUT2D eigenvalue weighted by molar-refractivity contribution is -0.132. The van der Waals surface area contributed by atoms with E-state index in [0.29, 0.717) is 18.6 Å². The van der Waals surface area contributed by atoms with Gasteiger partial charge in [0, 0.05) is 6.42 Å². The van der Waals surface area contributed by atoms with Gasteiger partial charge in [-0.2, -0.15) is 0 Å². The number of hydrogen-bond acceptors (Lipinski definition) is 5. The summed E-state index contributed by atoms with van der Waals surface area (Å²) in [5, 5.41) is 2.88. The summed E-state index contributed by atoms with van der Waals surface area (Å²) in [5.41, 5.74) is 1.40. The number of rotatable bonds is 3. The summed E-state index contributed by atoms with van der Waals surface area (Å²) in [7, 11) is 1.26. The van der Waals surface area contributed by atoms with E-state index in [1.165, 1.54) is 18.7 Å². The number of fused-ring (bicyclic) bond motifs is 1. The van der Waals surface area contributed by atoms with Gasteiger partial charge in [0.1, 0.15) is 11.3 Å². The Bertz CT molecular complexity index is 903. The predicted octanol–water partition coefficient (Wildman–Crippen LogP) is 2.05. The lowest BCUT2D eigenvalue weighted by Gasteiger charge is -2.32. The molecule has 1 saturated heterocycles. The second-order valence-electron chi connectivity index (χ2n) is 6.61. The van der Waals surface area contributed by atoms with Crippen molar-refractivity contribution >= 4 is 17.9 Å². The van der Waals surface area contributed by atoms with Crippen LogP contribution in [0.25, 0.3) is 0 Å². The number of nitrogens with zero attached hydrogens (tertiary/aromatic N) is 1. The van der Waals surface area contributed by atoms with Crippen LogP contribution in [0.5, 0.6) is 0 Å². The Balaban J connectivity index is 1.55. The van der Waals surface area contributed by atoms with Gasteiger partial charge in [-0.1, -0.05) is 24.3 Å². The van der Waals surface area contributed by atoms with Crippen LogP contribution in [0.2, 0.25) is 0 Å². The maximum atomic E-state index is 13.0. The molecule has 2 aliphatic rings. The highest BCUT2D eigenvalue weighted by molar-refractivity contribution is 6.07. The van der Waals surface area contributed by atoms with Crippen LogP contribution < -0.4 is 5.32 Å². The fourth-order valence-electron chi connectivity index (χ4n) is 3.67. The quantitative estimate of drug-likeness (QED) is 0.673. The molecule has 2 heterocycles. The molecule has 26 heavy (non-hydrogen) atoms. The number of amides is 3. The van der Waals surface area contributed by atoms with E-state index in [-0.39, 0.29) is 18.2 Å². The van der Waals surface area contributed by atoms with Crippen molar-refractivity contribution in [3.05, 3.63) is 59.0 Å². The molecule has 7 heteroatoms. The second-order valence-corrected chi connectivity index (χ2v) is 6.61. The number of methoxy groups -OCH3 is 1. The number of esters is 1. The summed E-state index contributed by atoms with van der Waals surface area (Å²) >= 11 is 0. The van der Waals surface area contributed by atoms with Gasteiger partial charge in [-0.05, 0) is 36.1 Å². The monoisotopic (exact) mass is 354 g/mol. The molecule has 0 bridgehead atoms. The van der Waals surface area contributed by atoms with Gasteiger partial charge in [0.05, 0.1) is 13.7 Å². The van der Waals surface area contributed by atoms with Crippen LogP contribution in [0, 0.1) is 0 Å². The van der Waals surface area contributed by atoms with Crippen LogP contribution in [0.4, 0.5) is 4.79 Å². The van der Waals surface area contributed by atoms with E-state index in [0.717, 1.165) is 16.9 Å². The van der Waals surface area contributed by atoms with Crippen molar-refractivity contribution in [1.82, 2.24) is 10.2 Å². The van der Waals surface area contributed by atoms with Crippen molar-refractivity contribution in [3.63, 3.8) is 0 Å². The van der Waals surface area contributed by atoms with Crippen molar-refractivity contribution in [2.45, 2.75) is 31.3 Å². The molecule has 3 amide bonds. The summed E-state index contributed by atoms with van der Waals surface area (Å²) in [6.07, 6.45) is 1.79. The smallest absolute Gasteiger partial charge is 0.373 e. The molecule has 7 nitrogen and oxygen atoms in total. The maximum Gasteiger partial charge on any atom is 0.373 e. The Kier molecular flexibility index (Phi) is 3.79. The molecule has 0 saturated carbocycles. The van der Waals surface area contributed by atoms with E-state index in [1.54, 1.807) is 6.07 Å². The summed E-state index contributed by atoms with van der Waals surface area (Å²) in [6.45, 7) is -0.0228. The van der Waals surface area contributed by atoms with E-state index in [1.807, 2.05) is 18.2 Å². The third-order valence-corrected chi connectivity index (χ3v) is 5.04. The Morgan fingerprint density at radius 2 is 2.00 bits per heavy atom. The third-order valence-electron chi connectivity index (χ3n) is 5.04. The summed E-state index contributed by atoms with van der Waals surface area (Å²) in [4.78, 5) is 38.1.